The number of nitrogens with zero attached hydrogens (tertiary/aromatic N) is 1. The minimum Gasteiger partial charge on any atom is -0.394 e. The van der Waals surface area contributed by atoms with Crippen molar-refractivity contribution in [1.29, 1.82) is 0 Å². The van der Waals surface area contributed by atoms with Gasteiger partial charge in [-0.25, -0.2) is 12.8 Å². The van der Waals surface area contributed by atoms with Gasteiger partial charge in [0.1, 0.15) is 5.82 Å². The van der Waals surface area contributed by atoms with Gasteiger partial charge in [0.05, 0.1) is 30.6 Å². The van der Waals surface area contributed by atoms with Crippen LogP contribution in [0.15, 0.2) is 72.8 Å². The fraction of sp³-hybridized carbons (Fsp3) is 0.259. The molecule has 37 heavy (non-hydrogen) atoms. The Balaban J connectivity index is 1.88. The van der Waals surface area contributed by atoms with Gasteiger partial charge in [0.25, 0.3) is 11.8 Å². The summed E-state index contributed by atoms with van der Waals surface area (Å²) in [5.41, 5.74) is 1.83. The fourth-order valence-corrected chi connectivity index (χ4v) is 4.18. The maximum atomic E-state index is 13.3. The molecule has 0 saturated heterocycles. The summed E-state index contributed by atoms with van der Waals surface area (Å²) in [5, 5.41) is 15.3. The molecular weight excluding hydrogens is 497 g/mol. The number of aliphatic hydroxyl groups excluding tert-OH is 1. The third kappa shape index (κ3) is 7.61. The molecule has 0 unspecified atom stereocenters. The highest BCUT2D eigenvalue weighted by molar-refractivity contribution is 7.92. The largest absolute Gasteiger partial charge is 0.394 e. The zero-order valence-electron chi connectivity index (χ0n) is 20.8. The summed E-state index contributed by atoms with van der Waals surface area (Å²) in [7, 11) is -2.36. The van der Waals surface area contributed by atoms with Crippen LogP contribution in [-0.4, -0.2) is 51.3 Å². The summed E-state index contributed by atoms with van der Waals surface area (Å²) in [6.07, 6.45) is 1.40. The van der Waals surface area contributed by atoms with Crippen molar-refractivity contribution >= 4 is 27.5 Å². The number of aliphatic hydroxyl groups is 1. The second-order valence-electron chi connectivity index (χ2n) is 8.79. The van der Waals surface area contributed by atoms with Crippen molar-refractivity contribution in [3.63, 3.8) is 0 Å². The summed E-state index contributed by atoms with van der Waals surface area (Å²) in [6, 6.07) is 18.0. The Bertz CT molecular complexity index is 1350. The molecule has 3 aromatic carbocycles. The molecule has 0 spiro atoms. The van der Waals surface area contributed by atoms with Crippen LogP contribution in [0.1, 0.15) is 44.8 Å². The number of sulfonamides is 1. The Labute approximate surface area is 216 Å². The number of hydrogen-bond acceptors (Lipinski definition) is 5. The molecule has 0 radical (unpaired) electrons. The van der Waals surface area contributed by atoms with Crippen molar-refractivity contribution in [2.24, 2.45) is 0 Å². The van der Waals surface area contributed by atoms with E-state index in [-0.39, 0.29) is 23.4 Å². The lowest BCUT2D eigenvalue weighted by molar-refractivity contribution is 0.0916. The Kier molecular flexibility index (Phi) is 9.01. The SMILES string of the molecule is C[C@@H](NC(=O)c1cc(C(=O)N[C@H](CO)Cc2ccccc2)cc(N(C)S(C)(=O)=O)c1)c1ccc(F)cc1. The maximum Gasteiger partial charge on any atom is 0.251 e. The molecule has 0 bridgehead atoms. The minimum absolute atomic E-state index is 0.0547. The van der Waals surface area contributed by atoms with Gasteiger partial charge in [-0.05, 0) is 54.8 Å². The van der Waals surface area contributed by atoms with Crippen LogP contribution in [0.4, 0.5) is 10.1 Å². The first-order chi connectivity index (χ1) is 17.5. The number of anilines is 1. The van der Waals surface area contributed by atoms with Crippen LogP contribution in [0.25, 0.3) is 0 Å². The van der Waals surface area contributed by atoms with Crippen LogP contribution in [-0.2, 0) is 16.4 Å². The zero-order chi connectivity index (χ0) is 27.2. The number of carbonyl (C=O) groups is 2. The Hall–Kier alpha value is -3.76. The highest BCUT2D eigenvalue weighted by atomic mass is 32.2. The van der Waals surface area contributed by atoms with Crippen LogP contribution in [0.2, 0.25) is 0 Å². The van der Waals surface area contributed by atoms with E-state index in [1.807, 2.05) is 30.3 Å². The minimum atomic E-state index is -3.68. The number of rotatable bonds is 10. The number of halogens is 1. The number of amides is 2. The van der Waals surface area contributed by atoms with E-state index in [0.717, 1.165) is 16.1 Å². The topological polar surface area (TPSA) is 116 Å². The summed E-state index contributed by atoms with van der Waals surface area (Å²) < 4.78 is 38.6. The molecule has 196 valence electrons. The standard InChI is InChI=1S/C27H30FN3O5S/c1-18(20-9-11-23(28)12-10-20)29-26(33)21-14-22(16-25(15-21)31(2)37(3,35)36)27(34)30-24(17-32)13-19-7-5-4-6-8-19/h4-12,14-16,18,24,32H,13,17H2,1-3H3,(H,29,33)(H,30,34)/t18-,24+/m1/s1. The number of benzene rings is 3. The van der Waals surface area contributed by atoms with E-state index in [1.54, 1.807) is 19.1 Å². The molecule has 3 aromatic rings. The fourth-order valence-electron chi connectivity index (χ4n) is 3.69. The maximum absolute atomic E-state index is 13.3. The van der Waals surface area contributed by atoms with Crippen molar-refractivity contribution in [2.45, 2.75) is 25.4 Å². The lowest BCUT2D eigenvalue weighted by Gasteiger charge is -2.21. The van der Waals surface area contributed by atoms with E-state index in [0.29, 0.717) is 12.0 Å². The second-order valence-corrected chi connectivity index (χ2v) is 10.8. The van der Waals surface area contributed by atoms with E-state index in [2.05, 4.69) is 10.6 Å². The first kappa shape index (κ1) is 27.8. The smallest absolute Gasteiger partial charge is 0.251 e. The summed E-state index contributed by atoms with van der Waals surface area (Å²) in [5.74, 6) is -1.51. The summed E-state index contributed by atoms with van der Waals surface area (Å²) in [6.45, 7) is 1.41. The molecule has 0 fully saturated rings. The van der Waals surface area contributed by atoms with Gasteiger partial charge in [0.15, 0.2) is 0 Å². The van der Waals surface area contributed by atoms with E-state index in [1.165, 1.54) is 37.4 Å². The van der Waals surface area contributed by atoms with Gasteiger partial charge in [0, 0.05) is 18.2 Å². The van der Waals surface area contributed by atoms with Gasteiger partial charge in [-0.3, -0.25) is 13.9 Å². The van der Waals surface area contributed by atoms with E-state index in [9.17, 15) is 27.5 Å². The molecule has 0 aliphatic rings. The quantitative estimate of drug-likeness (QED) is 0.375. The van der Waals surface area contributed by atoms with Crippen LogP contribution < -0.4 is 14.9 Å². The molecule has 2 amide bonds. The van der Waals surface area contributed by atoms with Gasteiger partial charge < -0.3 is 15.7 Å². The molecule has 0 aliphatic carbocycles. The van der Waals surface area contributed by atoms with Crippen molar-refractivity contribution in [3.8, 4) is 0 Å². The lowest BCUT2D eigenvalue weighted by atomic mass is 10.0. The predicted octanol–water partition coefficient (Wildman–Crippen LogP) is 3.05. The molecule has 0 aliphatic heterocycles. The summed E-state index contributed by atoms with van der Waals surface area (Å²) in [4.78, 5) is 26.2. The molecule has 3 N–H and O–H groups in total. The van der Waals surface area contributed by atoms with Crippen LogP contribution in [0, 0.1) is 5.82 Å². The molecule has 0 heterocycles. The first-order valence-electron chi connectivity index (χ1n) is 11.6. The van der Waals surface area contributed by atoms with Crippen molar-refractivity contribution < 1.29 is 27.5 Å². The predicted molar refractivity (Wildman–Crippen MR) is 140 cm³/mol. The second kappa shape index (κ2) is 12.0. The van der Waals surface area contributed by atoms with Crippen molar-refractivity contribution in [2.75, 3.05) is 24.2 Å². The Morgan fingerprint density at radius 2 is 1.51 bits per heavy atom. The number of nitrogens with one attached hydrogen (secondary N) is 2. The Morgan fingerprint density at radius 3 is 2.05 bits per heavy atom. The summed E-state index contributed by atoms with van der Waals surface area (Å²) >= 11 is 0. The zero-order valence-corrected chi connectivity index (χ0v) is 21.6. The van der Waals surface area contributed by atoms with Crippen LogP contribution in [0.5, 0.6) is 0 Å². The van der Waals surface area contributed by atoms with E-state index >= 15 is 0 Å². The lowest BCUT2D eigenvalue weighted by Crippen LogP contribution is -2.39. The van der Waals surface area contributed by atoms with Gasteiger partial charge in [-0.15, -0.1) is 0 Å². The van der Waals surface area contributed by atoms with Gasteiger partial charge in [-0.2, -0.15) is 0 Å². The molecule has 0 aromatic heterocycles. The highest BCUT2D eigenvalue weighted by Crippen LogP contribution is 2.22. The van der Waals surface area contributed by atoms with E-state index < -0.39 is 39.7 Å². The monoisotopic (exact) mass is 527 g/mol. The van der Waals surface area contributed by atoms with E-state index in [4.69, 9.17) is 0 Å². The number of hydrogen-bond donors (Lipinski definition) is 3. The van der Waals surface area contributed by atoms with Gasteiger partial charge >= 0.3 is 0 Å². The third-order valence-electron chi connectivity index (χ3n) is 5.90. The Morgan fingerprint density at radius 1 is 0.946 bits per heavy atom. The molecular formula is C27H30FN3O5S. The molecule has 2 atom stereocenters. The molecule has 3 rings (SSSR count). The van der Waals surface area contributed by atoms with Crippen LogP contribution in [0.3, 0.4) is 0 Å². The van der Waals surface area contributed by atoms with Crippen LogP contribution >= 0.6 is 0 Å². The molecule has 10 heteroatoms. The first-order valence-corrected chi connectivity index (χ1v) is 13.4. The van der Waals surface area contributed by atoms with Crippen molar-refractivity contribution in [3.05, 3.63) is 101 Å². The number of carbonyl (C=O) groups excluding carboxylic acids is 2. The normalized spacial score (nSPS) is 12.9. The molecule has 8 nitrogen and oxygen atoms in total. The van der Waals surface area contributed by atoms with Gasteiger partial charge in [0.2, 0.25) is 10.0 Å². The highest BCUT2D eigenvalue weighted by Gasteiger charge is 2.21. The van der Waals surface area contributed by atoms with Gasteiger partial charge in [-0.1, -0.05) is 42.5 Å². The average Bonchev–Trinajstić information content (AvgIpc) is 2.87. The third-order valence-corrected chi connectivity index (χ3v) is 7.11. The van der Waals surface area contributed by atoms with Crippen molar-refractivity contribution in [1.82, 2.24) is 10.6 Å². The average molecular weight is 528 g/mol. The molecule has 0 saturated carbocycles.